The predicted molar refractivity (Wildman–Crippen MR) is 95.0 cm³/mol. The second kappa shape index (κ2) is 7.61. The molecule has 2 aromatic rings. The zero-order valence-corrected chi connectivity index (χ0v) is 15.6. The highest BCUT2D eigenvalue weighted by molar-refractivity contribution is 8.19. The second-order valence-electron chi connectivity index (χ2n) is 5.20. The summed E-state index contributed by atoms with van der Waals surface area (Å²) < 4.78 is 70.0. The fourth-order valence-electron chi connectivity index (χ4n) is 2.21. The topological polar surface area (TPSA) is 52.6 Å². The Morgan fingerprint density at radius 1 is 0.885 bits per heavy atom. The van der Waals surface area contributed by atoms with Crippen LogP contribution in [-0.2, 0) is 10.1 Å². The molecular weight excluding hydrogens is 409 g/mol. The van der Waals surface area contributed by atoms with Crippen molar-refractivity contribution in [2.45, 2.75) is 15.8 Å². The zero-order chi connectivity index (χ0) is 18.8. The maximum absolute atomic E-state index is 12.2. The van der Waals surface area contributed by atoms with Gasteiger partial charge in [0.25, 0.3) is 0 Å². The summed E-state index contributed by atoms with van der Waals surface area (Å²) in [4.78, 5) is -0.266. The monoisotopic (exact) mass is 422 g/mol. The van der Waals surface area contributed by atoms with Gasteiger partial charge in [-0.15, -0.1) is 36.7 Å². The van der Waals surface area contributed by atoms with Gasteiger partial charge in [-0.05, 0) is 42.0 Å². The number of benzene rings is 2. The first-order valence-electron chi connectivity index (χ1n) is 7.36. The minimum absolute atomic E-state index is 0.136. The average Bonchev–Trinajstić information content (AvgIpc) is 3.09. The summed E-state index contributed by atoms with van der Waals surface area (Å²) in [5.74, 6) is 1.79. The van der Waals surface area contributed by atoms with Gasteiger partial charge in [-0.1, -0.05) is 12.1 Å². The number of thioether (sulfide) groups is 2. The van der Waals surface area contributed by atoms with Gasteiger partial charge in [0.2, 0.25) is 0 Å². The molecule has 26 heavy (non-hydrogen) atoms. The lowest BCUT2D eigenvalue weighted by atomic mass is 10.2. The van der Waals surface area contributed by atoms with Crippen molar-refractivity contribution in [2.75, 3.05) is 11.5 Å². The summed E-state index contributed by atoms with van der Waals surface area (Å²) in [6.45, 7) is 0. The van der Waals surface area contributed by atoms with Gasteiger partial charge in [0.15, 0.2) is 0 Å². The number of hydrogen-bond acceptors (Lipinski definition) is 6. The van der Waals surface area contributed by atoms with E-state index in [1.807, 2.05) is 23.5 Å². The molecule has 3 rings (SSSR count). The van der Waals surface area contributed by atoms with E-state index in [1.165, 1.54) is 0 Å². The summed E-state index contributed by atoms with van der Waals surface area (Å²) in [5.41, 5.74) is 1.08. The van der Waals surface area contributed by atoms with Crippen molar-refractivity contribution in [1.29, 1.82) is 0 Å². The van der Waals surface area contributed by atoms with Crippen LogP contribution in [0.15, 0.2) is 53.4 Å². The molecule has 0 N–H and O–H groups in total. The SMILES string of the molecule is O=S(=O)(Oc1ccc(C2SCCS2)cc1)c1ccc(OC(F)(F)F)cc1. The molecule has 0 unspecified atom stereocenters. The van der Waals surface area contributed by atoms with Gasteiger partial charge in [-0.25, -0.2) is 0 Å². The van der Waals surface area contributed by atoms with E-state index in [1.54, 1.807) is 24.3 Å². The molecule has 140 valence electrons. The van der Waals surface area contributed by atoms with Gasteiger partial charge in [0.05, 0.1) is 4.58 Å². The quantitative estimate of drug-likeness (QED) is 0.644. The van der Waals surface area contributed by atoms with Crippen LogP contribution in [0.25, 0.3) is 0 Å². The van der Waals surface area contributed by atoms with Crippen molar-refractivity contribution in [3.05, 3.63) is 54.1 Å². The molecule has 0 spiro atoms. The molecule has 0 aromatic heterocycles. The first kappa shape index (κ1) is 19.2. The fourth-order valence-corrected chi connectivity index (χ4v) is 6.00. The van der Waals surface area contributed by atoms with E-state index >= 15 is 0 Å². The van der Waals surface area contributed by atoms with E-state index in [9.17, 15) is 21.6 Å². The van der Waals surface area contributed by atoms with Gasteiger partial charge in [0.1, 0.15) is 16.4 Å². The lowest BCUT2D eigenvalue weighted by Gasteiger charge is -2.11. The Balaban J connectivity index is 1.70. The molecule has 1 heterocycles. The molecular formula is C16H13F3O4S3. The Labute approximate surface area is 157 Å². The second-order valence-corrected chi connectivity index (χ2v) is 9.47. The zero-order valence-electron chi connectivity index (χ0n) is 13.1. The highest BCUT2D eigenvalue weighted by atomic mass is 32.2. The third-order valence-electron chi connectivity index (χ3n) is 3.33. The summed E-state index contributed by atoms with van der Waals surface area (Å²) in [7, 11) is -4.15. The Morgan fingerprint density at radius 2 is 1.42 bits per heavy atom. The molecule has 0 bridgehead atoms. The maximum Gasteiger partial charge on any atom is 0.573 e. The summed E-state index contributed by atoms with van der Waals surface area (Å²) in [6, 6.07) is 10.6. The third-order valence-corrected chi connectivity index (χ3v) is 7.69. The van der Waals surface area contributed by atoms with Crippen molar-refractivity contribution in [3.63, 3.8) is 0 Å². The van der Waals surface area contributed by atoms with E-state index in [0.717, 1.165) is 41.3 Å². The Morgan fingerprint density at radius 3 is 1.96 bits per heavy atom. The molecule has 0 saturated carbocycles. The van der Waals surface area contributed by atoms with Gasteiger partial charge in [-0.2, -0.15) is 8.42 Å². The lowest BCUT2D eigenvalue weighted by Crippen LogP contribution is -2.17. The van der Waals surface area contributed by atoms with Gasteiger partial charge in [0, 0.05) is 11.5 Å². The van der Waals surface area contributed by atoms with Crippen LogP contribution < -0.4 is 8.92 Å². The van der Waals surface area contributed by atoms with Gasteiger partial charge in [-0.3, -0.25) is 0 Å². The molecule has 0 atom stereocenters. The molecule has 1 saturated heterocycles. The first-order valence-corrected chi connectivity index (χ1v) is 10.9. The van der Waals surface area contributed by atoms with Crippen molar-refractivity contribution >= 4 is 33.6 Å². The van der Waals surface area contributed by atoms with Crippen molar-refractivity contribution in [1.82, 2.24) is 0 Å². The molecule has 1 fully saturated rings. The van der Waals surface area contributed by atoms with Crippen LogP contribution in [-0.4, -0.2) is 26.3 Å². The number of alkyl halides is 3. The summed E-state index contributed by atoms with van der Waals surface area (Å²) in [5, 5.41) is 0. The highest BCUT2D eigenvalue weighted by Gasteiger charge is 2.31. The van der Waals surface area contributed by atoms with E-state index in [4.69, 9.17) is 4.18 Å². The van der Waals surface area contributed by atoms with Crippen LogP contribution in [0.3, 0.4) is 0 Å². The molecule has 10 heteroatoms. The number of ether oxygens (including phenoxy) is 1. The van der Waals surface area contributed by atoms with Crippen molar-refractivity contribution in [3.8, 4) is 11.5 Å². The highest BCUT2D eigenvalue weighted by Crippen LogP contribution is 2.45. The minimum atomic E-state index is -4.84. The maximum atomic E-state index is 12.2. The first-order chi connectivity index (χ1) is 12.2. The van der Waals surface area contributed by atoms with Gasteiger partial charge >= 0.3 is 16.5 Å². The molecule has 0 aliphatic carbocycles. The van der Waals surface area contributed by atoms with Crippen LogP contribution in [0.1, 0.15) is 10.1 Å². The number of rotatable bonds is 5. The number of hydrogen-bond donors (Lipinski definition) is 0. The van der Waals surface area contributed by atoms with Crippen LogP contribution >= 0.6 is 23.5 Å². The Kier molecular flexibility index (Phi) is 5.64. The van der Waals surface area contributed by atoms with E-state index in [0.29, 0.717) is 4.58 Å². The predicted octanol–water partition coefficient (Wildman–Crippen LogP) is 4.83. The third kappa shape index (κ3) is 5.01. The van der Waals surface area contributed by atoms with Gasteiger partial charge < -0.3 is 8.92 Å². The van der Waals surface area contributed by atoms with E-state index < -0.39 is 22.2 Å². The van der Waals surface area contributed by atoms with Crippen LogP contribution in [0, 0.1) is 0 Å². The minimum Gasteiger partial charge on any atom is -0.406 e. The van der Waals surface area contributed by atoms with E-state index in [2.05, 4.69) is 4.74 Å². The van der Waals surface area contributed by atoms with Crippen LogP contribution in [0.5, 0.6) is 11.5 Å². The smallest absolute Gasteiger partial charge is 0.406 e. The van der Waals surface area contributed by atoms with Crippen LogP contribution in [0.2, 0.25) is 0 Å². The standard InChI is InChI=1S/C16H13F3O4S3/c17-16(18,19)22-12-5-7-14(8-6-12)26(20,21)23-13-3-1-11(2-4-13)15-24-9-10-25-15/h1-8,15H,9-10H2. The van der Waals surface area contributed by atoms with Crippen LogP contribution in [0.4, 0.5) is 13.2 Å². The molecule has 1 aliphatic heterocycles. The summed E-state index contributed by atoms with van der Waals surface area (Å²) in [6.07, 6.45) is -4.84. The van der Waals surface area contributed by atoms with Crippen molar-refractivity contribution in [2.24, 2.45) is 0 Å². The lowest BCUT2D eigenvalue weighted by molar-refractivity contribution is -0.274. The van der Waals surface area contributed by atoms with E-state index in [-0.39, 0.29) is 10.6 Å². The molecule has 2 aromatic carbocycles. The molecule has 0 amide bonds. The van der Waals surface area contributed by atoms with Crippen molar-refractivity contribution < 1.29 is 30.5 Å². The summed E-state index contributed by atoms with van der Waals surface area (Å²) >= 11 is 3.66. The molecule has 0 radical (unpaired) electrons. The number of halogens is 3. The fraction of sp³-hybridized carbons (Fsp3) is 0.250. The molecule has 1 aliphatic rings. The Bertz CT molecular complexity index is 844. The Hall–Kier alpha value is -1.52. The normalized spacial score (nSPS) is 15.8. The largest absolute Gasteiger partial charge is 0.573 e. The average molecular weight is 422 g/mol. The molecule has 4 nitrogen and oxygen atoms in total.